The van der Waals surface area contributed by atoms with Gasteiger partial charge < -0.3 is 5.11 Å². The van der Waals surface area contributed by atoms with E-state index in [1.54, 1.807) is 6.92 Å². The predicted octanol–water partition coefficient (Wildman–Crippen LogP) is 1.83. The van der Waals surface area contributed by atoms with Crippen molar-refractivity contribution in [3.8, 4) is 0 Å². The van der Waals surface area contributed by atoms with Crippen LogP contribution in [-0.4, -0.2) is 25.5 Å². The highest BCUT2D eigenvalue weighted by Crippen LogP contribution is 2.45. The number of thiophene rings is 1. The molecule has 0 spiro atoms. The number of sulfonamides is 1. The molecule has 5 nitrogen and oxygen atoms in total. The van der Waals surface area contributed by atoms with Crippen LogP contribution >= 0.6 is 11.3 Å². The Bertz CT molecular complexity index is 601. The van der Waals surface area contributed by atoms with Crippen LogP contribution in [0.1, 0.15) is 35.5 Å². The Morgan fingerprint density at radius 2 is 2.11 bits per heavy atom. The number of hydrogen-bond acceptors (Lipinski definition) is 4. The molecule has 0 radical (unpaired) electrons. The smallest absolute Gasteiger partial charge is 0.346 e. The monoisotopic (exact) mass is 289 g/mol. The summed E-state index contributed by atoms with van der Waals surface area (Å²) in [5, 5.41) is 8.92. The van der Waals surface area contributed by atoms with Gasteiger partial charge in [-0.05, 0) is 30.4 Å². The molecule has 2 N–H and O–H groups in total. The van der Waals surface area contributed by atoms with Crippen LogP contribution in [0.4, 0.5) is 0 Å². The SMILES string of the molecule is Cc1cc(S(=O)(=O)NC2CC2(C)C)sc1C(=O)O. The average molecular weight is 289 g/mol. The van der Waals surface area contributed by atoms with Crippen LogP contribution in [0.25, 0.3) is 0 Å². The molecular formula is C11H15NO4S2. The van der Waals surface area contributed by atoms with E-state index in [1.807, 2.05) is 13.8 Å². The molecule has 1 aliphatic carbocycles. The Morgan fingerprint density at radius 1 is 1.56 bits per heavy atom. The van der Waals surface area contributed by atoms with Crippen molar-refractivity contribution >= 4 is 27.3 Å². The fourth-order valence-corrected chi connectivity index (χ4v) is 4.51. The van der Waals surface area contributed by atoms with Crippen LogP contribution < -0.4 is 4.72 Å². The van der Waals surface area contributed by atoms with Gasteiger partial charge in [-0.3, -0.25) is 0 Å². The van der Waals surface area contributed by atoms with Crippen LogP contribution in [0.15, 0.2) is 10.3 Å². The molecule has 1 aromatic rings. The number of aryl methyl sites for hydroxylation is 1. The molecule has 18 heavy (non-hydrogen) atoms. The topological polar surface area (TPSA) is 83.5 Å². The van der Waals surface area contributed by atoms with Gasteiger partial charge in [0.05, 0.1) is 0 Å². The quantitative estimate of drug-likeness (QED) is 0.885. The summed E-state index contributed by atoms with van der Waals surface area (Å²) in [5.74, 6) is -1.09. The van der Waals surface area contributed by atoms with Crippen LogP contribution in [-0.2, 0) is 10.0 Å². The van der Waals surface area contributed by atoms with E-state index in [0.29, 0.717) is 5.56 Å². The Balaban J connectivity index is 2.25. The van der Waals surface area contributed by atoms with E-state index < -0.39 is 16.0 Å². The minimum atomic E-state index is -3.60. The zero-order chi connectivity index (χ0) is 13.7. The second-order valence-electron chi connectivity index (χ2n) is 5.25. The summed E-state index contributed by atoms with van der Waals surface area (Å²) in [4.78, 5) is 11.0. The Hall–Kier alpha value is -0.920. The lowest BCUT2D eigenvalue weighted by molar-refractivity contribution is 0.0701. The Kier molecular flexibility index (Phi) is 3.03. The van der Waals surface area contributed by atoms with E-state index >= 15 is 0 Å². The molecule has 0 saturated heterocycles. The van der Waals surface area contributed by atoms with Crippen molar-refractivity contribution < 1.29 is 18.3 Å². The average Bonchev–Trinajstić information content (AvgIpc) is 2.63. The minimum Gasteiger partial charge on any atom is -0.477 e. The summed E-state index contributed by atoms with van der Waals surface area (Å²) >= 11 is 0.794. The summed E-state index contributed by atoms with van der Waals surface area (Å²) < 4.78 is 26.8. The Labute approximate surface area is 110 Å². The first-order valence-corrected chi connectivity index (χ1v) is 7.79. The first kappa shape index (κ1) is 13.5. The van der Waals surface area contributed by atoms with Crippen LogP contribution in [0.3, 0.4) is 0 Å². The van der Waals surface area contributed by atoms with Crippen molar-refractivity contribution in [3.63, 3.8) is 0 Å². The van der Waals surface area contributed by atoms with Crippen molar-refractivity contribution in [2.45, 2.75) is 37.4 Å². The van der Waals surface area contributed by atoms with E-state index in [2.05, 4.69) is 4.72 Å². The number of aromatic carboxylic acids is 1. The van der Waals surface area contributed by atoms with Crippen molar-refractivity contribution in [3.05, 3.63) is 16.5 Å². The maximum Gasteiger partial charge on any atom is 0.346 e. The molecule has 1 unspecified atom stereocenters. The van der Waals surface area contributed by atoms with E-state index in [0.717, 1.165) is 17.8 Å². The van der Waals surface area contributed by atoms with Gasteiger partial charge in [0.25, 0.3) is 0 Å². The number of carbonyl (C=O) groups is 1. The van der Waals surface area contributed by atoms with Gasteiger partial charge in [0.2, 0.25) is 10.0 Å². The molecule has 2 rings (SSSR count). The molecule has 7 heteroatoms. The highest BCUT2D eigenvalue weighted by Gasteiger charge is 2.48. The Morgan fingerprint density at radius 3 is 2.50 bits per heavy atom. The lowest BCUT2D eigenvalue weighted by atomic mass is 10.2. The van der Waals surface area contributed by atoms with Crippen LogP contribution in [0, 0.1) is 12.3 Å². The van der Waals surface area contributed by atoms with E-state index in [9.17, 15) is 13.2 Å². The van der Waals surface area contributed by atoms with Crippen molar-refractivity contribution in [1.82, 2.24) is 4.72 Å². The number of carboxylic acid groups (broad SMARTS) is 1. The van der Waals surface area contributed by atoms with Gasteiger partial charge in [0.15, 0.2) is 0 Å². The van der Waals surface area contributed by atoms with E-state index in [-0.39, 0.29) is 20.5 Å². The normalized spacial score (nSPS) is 21.8. The molecule has 1 aromatic heterocycles. The fourth-order valence-electron chi connectivity index (χ4n) is 1.71. The molecular weight excluding hydrogens is 274 g/mol. The molecule has 1 saturated carbocycles. The second kappa shape index (κ2) is 4.04. The lowest BCUT2D eigenvalue weighted by Gasteiger charge is -2.05. The summed E-state index contributed by atoms with van der Waals surface area (Å²) in [6.45, 7) is 5.57. The van der Waals surface area contributed by atoms with Gasteiger partial charge in [-0.15, -0.1) is 11.3 Å². The van der Waals surface area contributed by atoms with Crippen molar-refractivity contribution in [1.29, 1.82) is 0 Å². The first-order chi connectivity index (χ1) is 8.13. The maximum absolute atomic E-state index is 12.1. The molecule has 0 aromatic carbocycles. The van der Waals surface area contributed by atoms with Crippen molar-refractivity contribution in [2.24, 2.45) is 5.41 Å². The van der Waals surface area contributed by atoms with Gasteiger partial charge >= 0.3 is 5.97 Å². The molecule has 1 fully saturated rings. The highest BCUT2D eigenvalue weighted by molar-refractivity contribution is 7.91. The molecule has 0 amide bonds. The maximum atomic E-state index is 12.1. The van der Waals surface area contributed by atoms with Gasteiger partial charge in [0, 0.05) is 6.04 Å². The number of rotatable bonds is 4. The number of carboxylic acids is 1. The predicted molar refractivity (Wildman–Crippen MR) is 68.5 cm³/mol. The fraction of sp³-hybridized carbons (Fsp3) is 0.545. The van der Waals surface area contributed by atoms with Gasteiger partial charge in [-0.2, -0.15) is 0 Å². The number of hydrogen-bond donors (Lipinski definition) is 2. The largest absolute Gasteiger partial charge is 0.477 e. The van der Waals surface area contributed by atoms with Gasteiger partial charge in [0.1, 0.15) is 9.09 Å². The molecule has 1 atom stereocenters. The third kappa shape index (κ3) is 2.43. The van der Waals surface area contributed by atoms with Crippen molar-refractivity contribution in [2.75, 3.05) is 0 Å². The third-order valence-electron chi connectivity index (χ3n) is 3.17. The zero-order valence-electron chi connectivity index (χ0n) is 10.4. The molecule has 1 heterocycles. The lowest BCUT2D eigenvalue weighted by Crippen LogP contribution is -2.27. The molecule has 0 aliphatic heterocycles. The van der Waals surface area contributed by atoms with E-state index in [1.165, 1.54) is 6.07 Å². The summed E-state index contributed by atoms with van der Waals surface area (Å²) in [6.07, 6.45) is 0.808. The summed E-state index contributed by atoms with van der Waals surface area (Å²) in [5.41, 5.74) is 0.470. The minimum absolute atomic E-state index is 0.00496. The summed E-state index contributed by atoms with van der Waals surface area (Å²) in [7, 11) is -3.60. The second-order valence-corrected chi connectivity index (χ2v) is 8.24. The first-order valence-electron chi connectivity index (χ1n) is 5.49. The third-order valence-corrected chi connectivity index (χ3v) is 6.34. The van der Waals surface area contributed by atoms with Crippen LogP contribution in [0.2, 0.25) is 0 Å². The molecule has 0 bridgehead atoms. The van der Waals surface area contributed by atoms with Gasteiger partial charge in [-0.1, -0.05) is 13.8 Å². The molecule has 1 aliphatic rings. The van der Waals surface area contributed by atoms with Gasteiger partial charge in [-0.25, -0.2) is 17.9 Å². The van der Waals surface area contributed by atoms with E-state index in [4.69, 9.17) is 5.11 Å². The number of nitrogens with one attached hydrogen (secondary N) is 1. The highest BCUT2D eigenvalue weighted by atomic mass is 32.2. The summed E-state index contributed by atoms with van der Waals surface area (Å²) in [6, 6.07) is 1.35. The van der Waals surface area contributed by atoms with Crippen LogP contribution in [0.5, 0.6) is 0 Å². The zero-order valence-corrected chi connectivity index (χ0v) is 12.0. The standard InChI is InChI=1S/C11H15NO4S2/c1-6-4-8(17-9(6)10(13)14)18(15,16)12-7-5-11(7,2)3/h4,7,12H,5H2,1-3H3,(H,13,14). The molecule has 100 valence electrons.